The number of halogens is 1. The van der Waals surface area contributed by atoms with Gasteiger partial charge in [0.2, 0.25) is 0 Å². The number of fused-ring (bicyclic) bond motifs is 1. The van der Waals surface area contributed by atoms with E-state index in [2.05, 4.69) is 0 Å². The first-order valence-electron chi connectivity index (χ1n) is 6.29. The van der Waals surface area contributed by atoms with Gasteiger partial charge >= 0.3 is 0 Å². The van der Waals surface area contributed by atoms with E-state index in [0.717, 1.165) is 5.56 Å². The van der Waals surface area contributed by atoms with Gasteiger partial charge in [0.1, 0.15) is 17.7 Å². The minimum absolute atomic E-state index is 0.0649. The second kappa shape index (κ2) is 5.24. The number of rotatable bonds is 5. The molecule has 0 spiro atoms. The number of benzene rings is 1. The zero-order chi connectivity index (χ0) is 13.2. The van der Waals surface area contributed by atoms with Crippen LogP contribution in [0.15, 0.2) is 18.2 Å². The van der Waals surface area contributed by atoms with E-state index in [9.17, 15) is 14.6 Å². The van der Waals surface area contributed by atoms with E-state index in [1.54, 1.807) is 6.07 Å². The summed E-state index contributed by atoms with van der Waals surface area (Å²) in [5, 5.41) is 18.8. The molecule has 100 valence electrons. The van der Waals surface area contributed by atoms with Gasteiger partial charge in [0.25, 0.3) is 0 Å². The van der Waals surface area contributed by atoms with E-state index < -0.39 is 5.41 Å². The van der Waals surface area contributed by atoms with Crippen LogP contribution in [-0.4, -0.2) is 29.5 Å². The van der Waals surface area contributed by atoms with Crippen LogP contribution in [0.4, 0.5) is 4.39 Å². The Balaban J connectivity index is 2.07. The standard InChI is InChI=1S/C14H19FO3/c1-2-14(8-16,9-17)7-12-6-10-5-11(15)3-4-13(10)18-12/h3-5,12,16-17H,2,6-9H2,1H3. The lowest BCUT2D eigenvalue weighted by molar-refractivity contribution is 0.0154. The molecule has 1 aromatic rings. The van der Waals surface area contributed by atoms with Gasteiger partial charge in [-0.05, 0) is 31.0 Å². The molecular formula is C14H19FO3. The third-order valence-corrected chi connectivity index (χ3v) is 3.85. The molecule has 1 atom stereocenters. The molecule has 1 aromatic carbocycles. The summed E-state index contributed by atoms with van der Waals surface area (Å²) in [6.45, 7) is 1.81. The summed E-state index contributed by atoms with van der Waals surface area (Å²) in [5.41, 5.74) is 0.353. The van der Waals surface area contributed by atoms with Crippen molar-refractivity contribution >= 4 is 0 Å². The summed E-state index contributed by atoms with van der Waals surface area (Å²) in [5.74, 6) is 0.450. The minimum atomic E-state index is -0.509. The van der Waals surface area contributed by atoms with Gasteiger partial charge < -0.3 is 14.9 Å². The molecule has 1 aliphatic heterocycles. The highest BCUT2D eigenvalue weighted by atomic mass is 19.1. The average Bonchev–Trinajstić information content (AvgIpc) is 2.77. The maximum absolute atomic E-state index is 13.1. The van der Waals surface area contributed by atoms with Crippen molar-refractivity contribution < 1.29 is 19.3 Å². The quantitative estimate of drug-likeness (QED) is 0.843. The Morgan fingerprint density at radius 3 is 2.72 bits per heavy atom. The number of aliphatic hydroxyl groups excluding tert-OH is 2. The van der Waals surface area contributed by atoms with Crippen molar-refractivity contribution in [3.8, 4) is 5.75 Å². The van der Waals surface area contributed by atoms with E-state index in [0.29, 0.717) is 25.0 Å². The molecule has 0 aromatic heterocycles. The van der Waals surface area contributed by atoms with Crippen LogP contribution in [0.5, 0.6) is 5.75 Å². The van der Waals surface area contributed by atoms with Crippen LogP contribution in [0.2, 0.25) is 0 Å². The molecule has 1 aliphatic rings. The molecule has 18 heavy (non-hydrogen) atoms. The van der Waals surface area contributed by atoms with E-state index in [1.807, 2.05) is 6.92 Å². The van der Waals surface area contributed by atoms with Crippen molar-refractivity contribution in [1.82, 2.24) is 0 Å². The van der Waals surface area contributed by atoms with Crippen LogP contribution in [0, 0.1) is 11.2 Å². The lowest BCUT2D eigenvalue weighted by Crippen LogP contribution is -2.35. The lowest BCUT2D eigenvalue weighted by Gasteiger charge is -2.30. The SMILES string of the molecule is CCC(CO)(CO)CC1Cc2cc(F)ccc2O1. The minimum Gasteiger partial charge on any atom is -0.490 e. The second-order valence-electron chi connectivity index (χ2n) is 5.07. The summed E-state index contributed by atoms with van der Waals surface area (Å²) in [7, 11) is 0. The highest BCUT2D eigenvalue weighted by Gasteiger charge is 2.34. The monoisotopic (exact) mass is 254 g/mol. The van der Waals surface area contributed by atoms with E-state index in [4.69, 9.17) is 4.74 Å². The average molecular weight is 254 g/mol. The van der Waals surface area contributed by atoms with Crippen molar-refractivity contribution in [2.75, 3.05) is 13.2 Å². The van der Waals surface area contributed by atoms with Gasteiger partial charge in [-0.2, -0.15) is 0 Å². The van der Waals surface area contributed by atoms with Crippen LogP contribution < -0.4 is 4.74 Å². The number of hydrogen-bond acceptors (Lipinski definition) is 3. The van der Waals surface area contributed by atoms with Crippen molar-refractivity contribution in [2.24, 2.45) is 5.41 Å². The first-order chi connectivity index (χ1) is 8.62. The Bertz CT molecular complexity index is 407. The van der Waals surface area contributed by atoms with Gasteiger partial charge in [-0.25, -0.2) is 4.39 Å². The van der Waals surface area contributed by atoms with Crippen LogP contribution in [0.25, 0.3) is 0 Å². The number of ether oxygens (including phenoxy) is 1. The molecular weight excluding hydrogens is 235 g/mol. The first-order valence-corrected chi connectivity index (χ1v) is 6.29. The Hall–Kier alpha value is -1.13. The highest BCUT2D eigenvalue weighted by Crippen LogP contribution is 2.36. The molecule has 0 aliphatic carbocycles. The smallest absolute Gasteiger partial charge is 0.123 e. The molecule has 0 fully saturated rings. The maximum atomic E-state index is 13.1. The Morgan fingerprint density at radius 2 is 2.11 bits per heavy atom. The Morgan fingerprint density at radius 1 is 1.39 bits per heavy atom. The Kier molecular flexibility index (Phi) is 3.88. The van der Waals surface area contributed by atoms with Crippen LogP contribution in [0.3, 0.4) is 0 Å². The molecule has 0 bridgehead atoms. The summed E-state index contributed by atoms with van der Waals surface area (Å²) >= 11 is 0. The summed E-state index contributed by atoms with van der Waals surface area (Å²) < 4.78 is 18.8. The molecule has 2 rings (SSSR count). The number of hydrogen-bond donors (Lipinski definition) is 2. The molecule has 3 nitrogen and oxygen atoms in total. The van der Waals surface area contributed by atoms with Crippen LogP contribution >= 0.6 is 0 Å². The van der Waals surface area contributed by atoms with Gasteiger partial charge in [-0.1, -0.05) is 6.92 Å². The molecule has 1 unspecified atom stereocenters. The molecule has 4 heteroatoms. The summed E-state index contributed by atoms with van der Waals surface area (Å²) in [6, 6.07) is 4.50. The third kappa shape index (κ3) is 2.49. The second-order valence-corrected chi connectivity index (χ2v) is 5.07. The normalized spacial score (nSPS) is 18.6. The first kappa shape index (κ1) is 13.3. The largest absolute Gasteiger partial charge is 0.490 e. The lowest BCUT2D eigenvalue weighted by atomic mass is 9.80. The van der Waals surface area contributed by atoms with Crippen molar-refractivity contribution in [3.05, 3.63) is 29.6 Å². The maximum Gasteiger partial charge on any atom is 0.123 e. The topological polar surface area (TPSA) is 49.7 Å². The molecule has 2 N–H and O–H groups in total. The molecule has 1 heterocycles. The number of aliphatic hydroxyl groups is 2. The summed E-state index contributed by atoms with van der Waals surface area (Å²) in [6.07, 6.45) is 1.80. The molecule has 0 radical (unpaired) electrons. The fourth-order valence-electron chi connectivity index (χ4n) is 2.43. The predicted molar refractivity (Wildman–Crippen MR) is 66.0 cm³/mol. The third-order valence-electron chi connectivity index (χ3n) is 3.85. The van der Waals surface area contributed by atoms with Crippen molar-refractivity contribution in [1.29, 1.82) is 0 Å². The molecule has 0 amide bonds. The predicted octanol–water partition coefficient (Wildman–Crippen LogP) is 1.90. The van der Waals surface area contributed by atoms with Gasteiger partial charge in [0, 0.05) is 17.4 Å². The van der Waals surface area contributed by atoms with E-state index in [-0.39, 0.29) is 25.1 Å². The zero-order valence-electron chi connectivity index (χ0n) is 10.5. The van der Waals surface area contributed by atoms with E-state index >= 15 is 0 Å². The van der Waals surface area contributed by atoms with Crippen LogP contribution in [0.1, 0.15) is 25.3 Å². The van der Waals surface area contributed by atoms with E-state index in [1.165, 1.54) is 12.1 Å². The van der Waals surface area contributed by atoms with Crippen molar-refractivity contribution in [3.63, 3.8) is 0 Å². The van der Waals surface area contributed by atoms with Gasteiger partial charge in [-0.15, -0.1) is 0 Å². The zero-order valence-corrected chi connectivity index (χ0v) is 10.5. The van der Waals surface area contributed by atoms with Gasteiger partial charge in [-0.3, -0.25) is 0 Å². The summed E-state index contributed by atoms with van der Waals surface area (Å²) in [4.78, 5) is 0. The molecule has 0 saturated carbocycles. The van der Waals surface area contributed by atoms with Gasteiger partial charge in [0.05, 0.1) is 13.2 Å². The fraction of sp³-hybridized carbons (Fsp3) is 0.571. The highest BCUT2D eigenvalue weighted by molar-refractivity contribution is 5.37. The van der Waals surface area contributed by atoms with Gasteiger partial charge in [0.15, 0.2) is 0 Å². The van der Waals surface area contributed by atoms with Crippen molar-refractivity contribution in [2.45, 2.75) is 32.3 Å². The fourth-order valence-corrected chi connectivity index (χ4v) is 2.43. The Labute approximate surface area is 106 Å². The van der Waals surface area contributed by atoms with Crippen LogP contribution in [-0.2, 0) is 6.42 Å². The molecule has 0 saturated heterocycles.